The van der Waals surface area contributed by atoms with Gasteiger partial charge in [-0.15, -0.1) is 0 Å². The van der Waals surface area contributed by atoms with Gasteiger partial charge in [0.15, 0.2) is 6.10 Å². The van der Waals surface area contributed by atoms with Crippen LogP contribution in [-0.4, -0.2) is 64.6 Å². The molecule has 1 saturated carbocycles. The van der Waals surface area contributed by atoms with Crippen LogP contribution in [0.25, 0.3) is 0 Å². The van der Waals surface area contributed by atoms with Gasteiger partial charge in [0.2, 0.25) is 0 Å². The summed E-state index contributed by atoms with van der Waals surface area (Å²) in [6.45, 7) is 6.12. The van der Waals surface area contributed by atoms with Crippen LogP contribution in [0.3, 0.4) is 0 Å². The molecule has 0 aliphatic heterocycles. The summed E-state index contributed by atoms with van der Waals surface area (Å²) in [7, 11) is 0. The maximum atomic E-state index is 12.5. The topological polar surface area (TPSA) is 130 Å². The second-order valence-corrected chi connectivity index (χ2v) is 13.6. The van der Waals surface area contributed by atoms with Crippen LogP contribution in [0.1, 0.15) is 156 Å². The lowest BCUT2D eigenvalue weighted by Gasteiger charge is -2.18. The van der Waals surface area contributed by atoms with E-state index in [1.165, 1.54) is 38.5 Å². The van der Waals surface area contributed by atoms with Crippen molar-refractivity contribution >= 4 is 17.7 Å². The minimum atomic E-state index is -0.855. The van der Waals surface area contributed by atoms with E-state index in [9.17, 15) is 29.7 Å². The molecule has 1 fully saturated rings. The SMILES string of the molecule is CCCCC[C@H](O)/C=C/[C@H]1[C@H](O)CC(=O)[C@@H]1CCCCCCC(=O)O[C@@H](CO)COC(=O)CCCCCCCCCCC(C)C. The molecule has 8 heteroatoms. The number of carbonyl (C=O) groups is 3. The first-order chi connectivity index (χ1) is 21.7. The van der Waals surface area contributed by atoms with E-state index in [0.29, 0.717) is 25.7 Å². The van der Waals surface area contributed by atoms with Gasteiger partial charge in [-0.3, -0.25) is 14.4 Å². The molecule has 1 aliphatic carbocycles. The van der Waals surface area contributed by atoms with E-state index in [1.807, 2.05) is 6.08 Å². The predicted molar refractivity (Wildman–Crippen MR) is 179 cm³/mol. The number of hydrogen-bond acceptors (Lipinski definition) is 8. The molecular formula is C37H66O8. The third-order valence-corrected chi connectivity index (χ3v) is 8.88. The molecule has 0 aromatic carbocycles. The van der Waals surface area contributed by atoms with Gasteiger partial charge in [-0.25, -0.2) is 0 Å². The molecule has 0 bridgehead atoms. The fraction of sp³-hybridized carbons (Fsp3) is 0.865. The molecule has 1 aliphatic rings. The van der Waals surface area contributed by atoms with Crippen molar-refractivity contribution in [2.45, 2.75) is 174 Å². The van der Waals surface area contributed by atoms with Crippen LogP contribution in [0.2, 0.25) is 0 Å². The molecule has 0 heterocycles. The second kappa shape index (κ2) is 26.3. The summed E-state index contributed by atoms with van der Waals surface area (Å²) >= 11 is 0. The molecule has 45 heavy (non-hydrogen) atoms. The number of Topliss-reactive ketones (excluding diaryl/α,β-unsaturated/α-hetero) is 1. The number of hydrogen-bond donors (Lipinski definition) is 3. The number of unbranched alkanes of at least 4 members (excludes halogenated alkanes) is 12. The van der Waals surface area contributed by atoms with E-state index in [4.69, 9.17) is 9.47 Å². The summed E-state index contributed by atoms with van der Waals surface area (Å²) in [6.07, 6.45) is 20.4. The average Bonchev–Trinajstić information content (AvgIpc) is 3.27. The Morgan fingerprint density at radius 2 is 1.42 bits per heavy atom. The number of ether oxygens (including phenoxy) is 2. The molecule has 0 aromatic rings. The fourth-order valence-electron chi connectivity index (χ4n) is 6.05. The zero-order valence-electron chi connectivity index (χ0n) is 28.8. The lowest BCUT2D eigenvalue weighted by atomic mass is 9.88. The molecule has 0 aromatic heterocycles. The Morgan fingerprint density at radius 1 is 0.844 bits per heavy atom. The van der Waals surface area contributed by atoms with Gasteiger partial charge in [0.25, 0.3) is 0 Å². The second-order valence-electron chi connectivity index (χ2n) is 13.6. The van der Waals surface area contributed by atoms with Gasteiger partial charge >= 0.3 is 11.9 Å². The summed E-state index contributed by atoms with van der Waals surface area (Å²) < 4.78 is 10.5. The number of ketones is 1. The van der Waals surface area contributed by atoms with Crippen molar-refractivity contribution < 1.29 is 39.2 Å². The first-order valence-corrected chi connectivity index (χ1v) is 18.2. The molecule has 0 unspecified atom stereocenters. The summed E-state index contributed by atoms with van der Waals surface area (Å²) in [5.74, 6) is -0.369. The van der Waals surface area contributed by atoms with Gasteiger partial charge in [-0.2, -0.15) is 0 Å². The third-order valence-electron chi connectivity index (χ3n) is 8.88. The van der Waals surface area contributed by atoms with Gasteiger partial charge in [0.1, 0.15) is 12.4 Å². The number of rotatable bonds is 28. The van der Waals surface area contributed by atoms with Crippen molar-refractivity contribution in [3.8, 4) is 0 Å². The monoisotopic (exact) mass is 638 g/mol. The van der Waals surface area contributed by atoms with Crippen molar-refractivity contribution in [2.75, 3.05) is 13.2 Å². The minimum Gasteiger partial charge on any atom is -0.462 e. The molecular weight excluding hydrogens is 572 g/mol. The highest BCUT2D eigenvalue weighted by atomic mass is 16.6. The lowest BCUT2D eigenvalue weighted by Crippen LogP contribution is -2.28. The van der Waals surface area contributed by atoms with Crippen LogP contribution in [0, 0.1) is 17.8 Å². The average molecular weight is 639 g/mol. The Balaban J connectivity index is 2.14. The van der Waals surface area contributed by atoms with E-state index in [0.717, 1.165) is 63.7 Å². The zero-order valence-corrected chi connectivity index (χ0v) is 28.8. The van der Waals surface area contributed by atoms with Crippen LogP contribution in [0.15, 0.2) is 12.2 Å². The van der Waals surface area contributed by atoms with Crippen molar-refractivity contribution in [3.63, 3.8) is 0 Å². The normalized spacial score (nSPS) is 19.8. The zero-order chi connectivity index (χ0) is 33.3. The number of esters is 2. The van der Waals surface area contributed by atoms with Gasteiger partial charge in [0.05, 0.1) is 18.8 Å². The minimum absolute atomic E-state index is 0.0789. The fourth-order valence-corrected chi connectivity index (χ4v) is 6.05. The summed E-state index contributed by atoms with van der Waals surface area (Å²) in [4.78, 5) is 36.8. The standard InChI is InChI=1S/C37H66O8/c1-4-5-14-20-30(39)24-25-33-32(34(40)26-35(33)41)21-16-12-13-18-23-37(43)45-31(27-38)28-44-36(42)22-17-11-9-7-6-8-10-15-19-29(2)3/h24-25,29-33,35,38-39,41H,4-23,26-28H2,1-3H3/b25-24+/t30-,31-,32+,33+,35+/m0/s1. The molecule has 5 atom stereocenters. The van der Waals surface area contributed by atoms with E-state index in [2.05, 4.69) is 20.8 Å². The van der Waals surface area contributed by atoms with E-state index >= 15 is 0 Å². The lowest BCUT2D eigenvalue weighted by molar-refractivity contribution is -0.161. The largest absolute Gasteiger partial charge is 0.462 e. The Kier molecular flexibility index (Phi) is 24.1. The number of carbonyl (C=O) groups excluding carboxylic acids is 3. The molecule has 0 spiro atoms. The smallest absolute Gasteiger partial charge is 0.306 e. The van der Waals surface area contributed by atoms with Crippen LogP contribution >= 0.6 is 0 Å². The molecule has 1 rings (SSSR count). The Morgan fingerprint density at radius 3 is 2.04 bits per heavy atom. The Bertz CT molecular complexity index is 810. The van der Waals surface area contributed by atoms with E-state index < -0.39 is 30.9 Å². The van der Waals surface area contributed by atoms with Gasteiger partial charge < -0.3 is 24.8 Å². The quantitative estimate of drug-likeness (QED) is 0.0459. The highest BCUT2D eigenvalue weighted by Crippen LogP contribution is 2.34. The maximum absolute atomic E-state index is 12.5. The highest BCUT2D eigenvalue weighted by molar-refractivity contribution is 5.84. The van der Waals surface area contributed by atoms with Crippen LogP contribution in [0.5, 0.6) is 0 Å². The first kappa shape index (κ1) is 41.3. The van der Waals surface area contributed by atoms with Crippen LogP contribution in [-0.2, 0) is 23.9 Å². The van der Waals surface area contributed by atoms with Crippen molar-refractivity contribution in [1.29, 1.82) is 0 Å². The summed E-state index contributed by atoms with van der Waals surface area (Å²) in [5.41, 5.74) is 0. The van der Waals surface area contributed by atoms with Crippen molar-refractivity contribution in [2.24, 2.45) is 17.8 Å². The summed E-state index contributed by atoms with van der Waals surface area (Å²) in [5, 5.41) is 30.1. The van der Waals surface area contributed by atoms with Crippen molar-refractivity contribution in [3.05, 3.63) is 12.2 Å². The molecule has 0 saturated heterocycles. The first-order valence-electron chi connectivity index (χ1n) is 18.2. The predicted octanol–water partition coefficient (Wildman–Crippen LogP) is 7.39. The molecule has 8 nitrogen and oxygen atoms in total. The molecule has 0 amide bonds. The van der Waals surface area contributed by atoms with Crippen LogP contribution < -0.4 is 0 Å². The van der Waals surface area contributed by atoms with Gasteiger partial charge in [0, 0.05) is 31.1 Å². The van der Waals surface area contributed by atoms with Crippen LogP contribution in [0.4, 0.5) is 0 Å². The van der Waals surface area contributed by atoms with E-state index in [1.54, 1.807) is 6.08 Å². The van der Waals surface area contributed by atoms with Gasteiger partial charge in [-0.05, 0) is 31.6 Å². The van der Waals surface area contributed by atoms with E-state index in [-0.39, 0.29) is 43.0 Å². The molecule has 0 radical (unpaired) electrons. The summed E-state index contributed by atoms with van der Waals surface area (Å²) in [6, 6.07) is 0. The Hall–Kier alpha value is -1.77. The maximum Gasteiger partial charge on any atom is 0.306 e. The number of aliphatic hydroxyl groups excluding tert-OH is 3. The molecule has 3 N–H and O–H groups in total. The molecule has 262 valence electrons. The Labute approximate surface area is 273 Å². The van der Waals surface area contributed by atoms with Gasteiger partial charge in [-0.1, -0.05) is 123 Å². The number of aliphatic hydroxyl groups is 3. The van der Waals surface area contributed by atoms with Crippen molar-refractivity contribution in [1.82, 2.24) is 0 Å². The highest BCUT2D eigenvalue weighted by Gasteiger charge is 2.39. The third kappa shape index (κ3) is 20.9.